The topological polar surface area (TPSA) is 275 Å². The van der Waals surface area contributed by atoms with Crippen LogP contribution >= 0.6 is 0 Å². The number of aliphatic imine (C=N–C) groups is 1. The molecule has 5 amide bonds. The number of hydrogen-bond acceptors (Lipinski definition) is 9. The second-order valence-electron chi connectivity index (χ2n) is 4.75. The molecule has 0 bridgehead atoms. The molecule has 1 saturated heterocycles. The van der Waals surface area contributed by atoms with Crippen LogP contribution in [-0.4, -0.2) is 65.1 Å². The number of nitrogens with zero attached hydrogens (tertiary/aromatic N) is 1. The zero-order valence-electron chi connectivity index (χ0n) is 12.7. The Bertz CT molecular complexity index is 1120. The Morgan fingerprint density at radius 3 is 2.04 bits per heavy atom. The number of carbonyl (C=O) groups is 3. The van der Waals surface area contributed by atoms with Crippen LogP contribution < -0.4 is 32.9 Å². The number of amides is 5. The number of aromatic nitrogens is 4. The molecule has 27 heavy (non-hydrogen) atoms. The Balaban J connectivity index is 0.000000178. The lowest BCUT2D eigenvalue weighted by atomic mass is 10.1. The van der Waals surface area contributed by atoms with Gasteiger partial charge in [0.2, 0.25) is 0 Å². The van der Waals surface area contributed by atoms with Crippen molar-refractivity contribution >= 4 is 35.0 Å². The number of carbonyl (C=O) groups excluding carboxylic acids is 3. The number of nitrogens with one attached hydrogen (secondary N) is 7. The van der Waals surface area contributed by atoms with Crippen molar-refractivity contribution in [3.05, 3.63) is 31.3 Å². The molecule has 0 saturated carbocycles. The summed E-state index contributed by atoms with van der Waals surface area (Å²) >= 11 is 0. The highest BCUT2D eigenvalue weighted by molar-refractivity contribution is 6.27. The Morgan fingerprint density at radius 2 is 1.41 bits per heavy atom. The molecular weight excluding hydrogens is 376 g/mol. The average Bonchev–Trinajstić information content (AvgIpc) is 3.09. The van der Waals surface area contributed by atoms with Gasteiger partial charge in [0.25, 0.3) is 17.2 Å². The molecule has 1 fully saturated rings. The summed E-state index contributed by atoms with van der Waals surface area (Å²) in [5, 5.41) is 27.2. The second kappa shape index (κ2) is 7.03. The zero-order chi connectivity index (χ0) is 20.4. The lowest BCUT2D eigenvalue weighted by Crippen LogP contribution is -2.70. The normalized spacial score (nSPS) is 20.1. The molecule has 1 unspecified atom stereocenters. The minimum Gasteiger partial charge on any atom is -0.357 e. The van der Waals surface area contributed by atoms with Crippen molar-refractivity contribution in [2.24, 2.45) is 4.99 Å². The van der Waals surface area contributed by atoms with Crippen LogP contribution in [0.1, 0.15) is 0 Å². The summed E-state index contributed by atoms with van der Waals surface area (Å²) in [6.07, 6.45) is 0. The van der Waals surface area contributed by atoms with Crippen molar-refractivity contribution in [3.8, 4) is 0 Å². The summed E-state index contributed by atoms with van der Waals surface area (Å²) in [6, 6.07) is -1.71. The van der Waals surface area contributed by atoms with Gasteiger partial charge in [0.1, 0.15) is 11.2 Å². The molecule has 17 nitrogen and oxygen atoms in total. The Kier molecular flexibility index (Phi) is 5.01. The van der Waals surface area contributed by atoms with Gasteiger partial charge in [0.05, 0.1) is 0 Å². The number of imide groups is 1. The number of H-pyrrole nitrogens is 4. The summed E-state index contributed by atoms with van der Waals surface area (Å²) in [5.74, 6) is -1.42. The van der Waals surface area contributed by atoms with Gasteiger partial charge in [-0.1, -0.05) is 0 Å². The van der Waals surface area contributed by atoms with E-state index >= 15 is 0 Å². The number of imidazole rings is 1. The largest absolute Gasteiger partial charge is 0.357 e. The number of aromatic amines is 4. The fourth-order valence-electron chi connectivity index (χ4n) is 2.00. The monoisotopic (exact) mass is 386 g/mol. The molecule has 10 N–H and O–H groups in total. The number of rotatable bonds is 0. The van der Waals surface area contributed by atoms with Gasteiger partial charge in [-0.05, 0) is 0 Å². The summed E-state index contributed by atoms with van der Waals surface area (Å²) in [5.41, 5.74) is -3.88. The first-order chi connectivity index (χ1) is 12.7. The molecule has 2 aromatic rings. The van der Waals surface area contributed by atoms with Gasteiger partial charge < -0.3 is 5.11 Å². The maximum absolute atomic E-state index is 11.0. The second-order valence-corrected chi connectivity index (χ2v) is 4.75. The van der Waals surface area contributed by atoms with E-state index in [1.807, 2.05) is 15.6 Å². The van der Waals surface area contributed by atoms with Crippen LogP contribution in [0.2, 0.25) is 0 Å². The number of urea groups is 2. The predicted octanol–water partition coefficient (Wildman–Crippen LogP) is -4.11. The van der Waals surface area contributed by atoms with Crippen LogP contribution in [-0.2, 0) is 4.79 Å². The van der Waals surface area contributed by atoms with E-state index in [4.69, 9.17) is 10.5 Å². The van der Waals surface area contributed by atoms with Gasteiger partial charge in [-0.15, -0.1) is 0 Å². The van der Waals surface area contributed by atoms with Crippen molar-refractivity contribution in [2.45, 2.75) is 5.72 Å². The van der Waals surface area contributed by atoms with Gasteiger partial charge in [0.15, 0.2) is 5.84 Å². The van der Waals surface area contributed by atoms with E-state index in [0.29, 0.717) is 0 Å². The molecule has 1 atom stereocenters. The SMILES string of the molecule is O=C1N=C2NC(=O)NC(=O)C2(O)N1.O=c1[nH]c(=O)c2[nH]c(=O)[nH]c2[nH]1.OO. The highest BCUT2D eigenvalue weighted by Gasteiger charge is 2.52. The smallest absolute Gasteiger partial charge is 0.345 e. The summed E-state index contributed by atoms with van der Waals surface area (Å²) < 4.78 is 0. The molecular formula is C10H10N8O9. The van der Waals surface area contributed by atoms with E-state index in [-0.39, 0.29) is 11.2 Å². The van der Waals surface area contributed by atoms with E-state index in [1.165, 1.54) is 0 Å². The van der Waals surface area contributed by atoms with E-state index in [0.717, 1.165) is 0 Å². The van der Waals surface area contributed by atoms with E-state index in [9.17, 15) is 33.9 Å². The van der Waals surface area contributed by atoms with Crippen LogP contribution in [0.5, 0.6) is 0 Å². The zero-order valence-corrected chi connectivity index (χ0v) is 12.7. The van der Waals surface area contributed by atoms with Gasteiger partial charge in [-0.2, -0.15) is 4.99 Å². The molecule has 2 aliphatic rings. The van der Waals surface area contributed by atoms with Gasteiger partial charge >= 0.3 is 23.4 Å². The summed E-state index contributed by atoms with van der Waals surface area (Å²) in [4.78, 5) is 76.6. The molecule has 2 aliphatic heterocycles. The number of aliphatic hydroxyl groups is 1. The highest BCUT2D eigenvalue weighted by atomic mass is 17.0. The van der Waals surface area contributed by atoms with Crippen LogP contribution in [0.25, 0.3) is 11.2 Å². The standard InChI is InChI=1S/C5H4N4O4.C5H4N4O3.H2O2/c10-2-5(13)1(6-3(11)8-2)7-4(12)9-5;10-3-1-2(7-4(11)6-1)8-5(12)9-3;1-2/h13H,(H3,6,7,8,9,10,11,12);(H4,6,7,8,9,10,11,12);1-2H. The number of amidine groups is 1. The Labute approximate surface area is 144 Å². The molecule has 4 heterocycles. The molecule has 0 radical (unpaired) electrons. The third-order valence-corrected chi connectivity index (χ3v) is 3.05. The lowest BCUT2D eigenvalue weighted by molar-refractivity contribution is -0.176. The van der Waals surface area contributed by atoms with Crippen LogP contribution in [0.4, 0.5) is 9.59 Å². The van der Waals surface area contributed by atoms with Crippen LogP contribution in [0.15, 0.2) is 19.4 Å². The van der Waals surface area contributed by atoms with Crippen LogP contribution in [0.3, 0.4) is 0 Å². The quantitative estimate of drug-likeness (QED) is 0.155. The minimum absolute atomic E-state index is 0.0413. The lowest BCUT2D eigenvalue weighted by Gasteiger charge is -2.26. The molecule has 0 aliphatic carbocycles. The molecule has 0 aromatic carbocycles. The number of hydrogen-bond donors (Lipinski definition) is 10. The number of fused-ring (bicyclic) bond motifs is 2. The van der Waals surface area contributed by atoms with Crippen molar-refractivity contribution in [3.63, 3.8) is 0 Å². The molecule has 144 valence electrons. The fourth-order valence-corrected chi connectivity index (χ4v) is 2.00. The maximum Gasteiger partial charge on any atom is 0.345 e. The fraction of sp³-hybridized carbons (Fsp3) is 0.100. The van der Waals surface area contributed by atoms with E-state index in [2.05, 4.69) is 19.9 Å². The maximum atomic E-state index is 11.0. The van der Waals surface area contributed by atoms with E-state index in [1.54, 1.807) is 5.32 Å². The summed E-state index contributed by atoms with van der Waals surface area (Å²) in [6.45, 7) is 0. The van der Waals surface area contributed by atoms with Gasteiger partial charge in [0, 0.05) is 0 Å². The van der Waals surface area contributed by atoms with Crippen molar-refractivity contribution in [1.82, 2.24) is 35.9 Å². The minimum atomic E-state index is -2.23. The van der Waals surface area contributed by atoms with E-state index < -0.39 is 46.5 Å². The Hall–Kier alpha value is -4.09. The molecule has 4 rings (SSSR count). The van der Waals surface area contributed by atoms with Crippen molar-refractivity contribution in [1.29, 1.82) is 0 Å². The Morgan fingerprint density at radius 1 is 0.815 bits per heavy atom. The molecule has 0 spiro atoms. The third kappa shape index (κ3) is 3.63. The summed E-state index contributed by atoms with van der Waals surface area (Å²) in [7, 11) is 0. The third-order valence-electron chi connectivity index (χ3n) is 3.05. The van der Waals surface area contributed by atoms with Crippen molar-refractivity contribution < 1.29 is 30.0 Å². The first-order valence-corrected chi connectivity index (χ1v) is 6.60. The van der Waals surface area contributed by atoms with Crippen LogP contribution in [0, 0.1) is 0 Å². The highest BCUT2D eigenvalue weighted by Crippen LogP contribution is 2.12. The molecule has 2 aromatic heterocycles. The van der Waals surface area contributed by atoms with Crippen molar-refractivity contribution in [2.75, 3.05) is 0 Å². The van der Waals surface area contributed by atoms with Gasteiger partial charge in [-0.3, -0.25) is 56.0 Å². The first-order valence-electron chi connectivity index (χ1n) is 6.60. The first kappa shape index (κ1) is 19.2. The molecule has 17 heteroatoms. The average molecular weight is 386 g/mol. The van der Waals surface area contributed by atoms with Gasteiger partial charge in [-0.25, -0.2) is 19.2 Å². The predicted molar refractivity (Wildman–Crippen MR) is 83.0 cm³/mol.